The lowest BCUT2D eigenvalue weighted by Crippen LogP contribution is -2.34. The molecule has 0 bridgehead atoms. The lowest BCUT2D eigenvalue weighted by Gasteiger charge is -2.22. The molecule has 0 unspecified atom stereocenters. The predicted octanol–water partition coefficient (Wildman–Crippen LogP) is 3.38. The maximum atomic E-state index is 13.0. The van der Waals surface area contributed by atoms with Gasteiger partial charge in [0.15, 0.2) is 5.78 Å². The van der Waals surface area contributed by atoms with Crippen LogP contribution in [0.25, 0.3) is 0 Å². The minimum absolute atomic E-state index is 0.0819. The summed E-state index contributed by atoms with van der Waals surface area (Å²) in [6.45, 7) is 5.95. The van der Waals surface area contributed by atoms with Gasteiger partial charge in [0, 0.05) is 17.5 Å². The Labute approximate surface area is 136 Å². The Balaban J connectivity index is 2.06. The molecule has 0 fully saturated rings. The van der Waals surface area contributed by atoms with Crippen LogP contribution in [-0.4, -0.2) is 20.7 Å². The average Bonchev–Trinajstić information content (AvgIpc) is 2.80. The quantitative estimate of drug-likeness (QED) is 0.811. The van der Waals surface area contributed by atoms with Crippen LogP contribution >= 0.6 is 0 Å². The van der Waals surface area contributed by atoms with Crippen molar-refractivity contribution in [2.45, 2.75) is 31.1 Å². The zero-order valence-corrected chi connectivity index (χ0v) is 14.2. The van der Waals surface area contributed by atoms with Crippen molar-refractivity contribution in [1.82, 2.24) is 0 Å². The zero-order chi connectivity index (χ0) is 16.8. The van der Waals surface area contributed by atoms with Gasteiger partial charge >= 0.3 is 0 Å². The van der Waals surface area contributed by atoms with E-state index in [1.54, 1.807) is 12.1 Å². The van der Waals surface area contributed by atoms with E-state index in [9.17, 15) is 13.2 Å². The summed E-state index contributed by atoms with van der Waals surface area (Å²) in [5.41, 5.74) is 2.03. The van der Waals surface area contributed by atoms with E-state index in [-0.39, 0.29) is 16.1 Å². The van der Waals surface area contributed by atoms with Gasteiger partial charge in [0.1, 0.15) is 0 Å². The van der Waals surface area contributed by atoms with E-state index in [0.717, 1.165) is 11.3 Å². The number of ketones is 1. The average molecular weight is 329 g/mol. The van der Waals surface area contributed by atoms with Crippen LogP contribution in [0.2, 0.25) is 0 Å². The summed E-state index contributed by atoms with van der Waals surface area (Å²) in [6, 6.07) is 13.7. The summed E-state index contributed by atoms with van der Waals surface area (Å²) in [5.74, 6) is -0.0819. The monoisotopic (exact) mass is 329 g/mol. The van der Waals surface area contributed by atoms with Gasteiger partial charge < -0.3 is 0 Å². The van der Waals surface area contributed by atoms with Crippen LogP contribution in [-0.2, 0) is 15.4 Å². The number of carbonyl (C=O) groups excluding carboxylic acids is 1. The minimum Gasteiger partial charge on any atom is -0.295 e. The molecule has 1 aliphatic rings. The van der Waals surface area contributed by atoms with E-state index < -0.39 is 10.0 Å². The fraction of sp³-hybridized carbons (Fsp3) is 0.278. The highest BCUT2D eigenvalue weighted by Gasteiger charge is 2.40. The molecule has 1 aliphatic heterocycles. The fourth-order valence-electron chi connectivity index (χ4n) is 3.00. The topological polar surface area (TPSA) is 54.5 Å². The van der Waals surface area contributed by atoms with Gasteiger partial charge in [-0.25, -0.2) is 8.42 Å². The van der Waals surface area contributed by atoms with Crippen molar-refractivity contribution in [3.63, 3.8) is 0 Å². The second-order valence-electron chi connectivity index (χ2n) is 6.49. The summed E-state index contributed by atoms with van der Waals surface area (Å²) >= 11 is 0. The number of anilines is 1. The Morgan fingerprint density at radius 1 is 1.04 bits per heavy atom. The summed E-state index contributed by atoms with van der Waals surface area (Å²) in [6.07, 6.45) is 0. The van der Waals surface area contributed by atoms with Crippen LogP contribution in [0.4, 0.5) is 5.69 Å². The third-order valence-electron chi connectivity index (χ3n) is 4.29. The molecule has 2 aromatic rings. The summed E-state index contributed by atoms with van der Waals surface area (Å²) in [5, 5.41) is 0. The number of rotatable bonds is 3. The number of fused-ring (bicyclic) bond motifs is 1. The molecular weight excluding hydrogens is 310 g/mol. The number of hydrogen-bond donors (Lipinski definition) is 0. The molecule has 4 nitrogen and oxygen atoms in total. The number of benzene rings is 2. The van der Waals surface area contributed by atoms with Crippen molar-refractivity contribution in [3.8, 4) is 0 Å². The van der Waals surface area contributed by atoms with Crippen LogP contribution in [0.3, 0.4) is 0 Å². The van der Waals surface area contributed by atoms with Gasteiger partial charge in [-0.1, -0.05) is 44.2 Å². The first-order chi connectivity index (χ1) is 10.7. The molecule has 23 heavy (non-hydrogen) atoms. The van der Waals surface area contributed by atoms with E-state index in [1.165, 1.54) is 23.4 Å². The molecule has 0 saturated carbocycles. The molecule has 0 N–H and O–H groups in total. The van der Waals surface area contributed by atoms with Crippen LogP contribution in [0.5, 0.6) is 0 Å². The maximum Gasteiger partial charge on any atom is 0.264 e. The first kappa shape index (κ1) is 15.7. The second-order valence-corrected chi connectivity index (χ2v) is 8.36. The van der Waals surface area contributed by atoms with Gasteiger partial charge in [-0.15, -0.1) is 0 Å². The van der Waals surface area contributed by atoms with Gasteiger partial charge in [-0.3, -0.25) is 9.10 Å². The van der Waals surface area contributed by atoms with Crippen molar-refractivity contribution in [1.29, 1.82) is 0 Å². The Kier molecular flexibility index (Phi) is 3.56. The first-order valence-electron chi connectivity index (χ1n) is 7.47. The number of nitrogens with zero attached hydrogens (tertiary/aromatic N) is 1. The minimum atomic E-state index is -3.64. The van der Waals surface area contributed by atoms with E-state index in [4.69, 9.17) is 0 Å². The van der Waals surface area contributed by atoms with Crippen molar-refractivity contribution < 1.29 is 13.2 Å². The van der Waals surface area contributed by atoms with Crippen molar-refractivity contribution >= 4 is 21.5 Å². The molecule has 0 aromatic heterocycles. The molecule has 120 valence electrons. The number of hydrogen-bond acceptors (Lipinski definition) is 3. The predicted molar refractivity (Wildman–Crippen MR) is 90.4 cm³/mol. The van der Waals surface area contributed by atoms with Crippen molar-refractivity contribution in [2.24, 2.45) is 0 Å². The normalized spacial score (nSPS) is 16.2. The van der Waals surface area contributed by atoms with Crippen LogP contribution in [0.15, 0.2) is 53.4 Å². The smallest absolute Gasteiger partial charge is 0.264 e. The van der Waals surface area contributed by atoms with Crippen LogP contribution < -0.4 is 4.31 Å². The maximum absolute atomic E-state index is 13.0. The standard InChI is InChI=1S/C18H19NO3S/c1-13(20)14-8-10-15(11-9-14)23(21,22)19-12-18(2,3)16-6-4-5-7-17(16)19/h4-11H,12H2,1-3H3. The summed E-state index contributed by atoms with van der Waals surface area (Å²) < 4.78 is 27.5. The van der Waals surface area contributed by atoms with Gasteiger partial charge in [-0.05, 0) is 30.7 Å². The highest BCUT2D eigenvalue weighted by Crippen LogP contribution is 2.42. The van der Waals surface area contributed by atoms with E-state index in [1.807, 2.05) is 38.1 Å². The number of carbonyl (C=O) groups is 1. The van der Waals surface area contributed by atoms with Gasteiger partial charge in [0.05, 0.1) is 10.6 Å². The highest BCUT2D eigenvalue weighted by atomic mass is 32.2. The van der Waals surface area contributed by atoms with Crippen LogP contribution in [0.1, 0.15) is 36.7 Å². The molecule has 0 aliphatic carbocycles. The Morgan fingerprint density at radius 2 is 1.65 bits per heavy atom. The number of sulfonamides is 1. The fourth-order valence-corrected chi connectivity index (χ4v) is 4.64. The van der Waals surface area contributed by atoms with Gasteiger partial charge in [0.2, 0.25) is 0 Å². The largest absolute Gasteiger partial charge is 0.295 e. The molecule has 0 spiro atoms. The third kappa shape index (κ3) is 2.55. The Bertz CT molecular complexity index is 867. The molecule has 0 amide bonds. The molecule has 0 atom stereocenters. The lowest BCUT2D eigenvalue weighted by atomic mass is 9.87. The molecule has 0 saturated heterocycles. The SMILES string of the molecule is CC(=O)c1ccc(S(=O)(=O)N2CC(C)(C)c3ccccc32)cc1. The molecule has 3 rings (SSSR count). The van der Waals surface area contributed by atoms with E-state index >= 15 is 0 Å². The van der Waals surface area contributed by atoms with E-state index in [0.29, 0.717) is 12.1 Å². The first-order valence-corrected chi connectivity index (χ1v) is 8.91. The highest BCUT2D eigenvalue weighted by molar-refractivity contribution is 7.92. The van der Waals surface area contributed by atoms with Crippen molar-refractivity contribution in [2.75, 3.05) is 10.8 Å². The van der Waals surface area contributed by atoms with Gasteiger partial charge in [0.25, 0.3) is 10.0 Å². The summed E-state index contributed by atoms with van der Waals surface area (Å²) in [4.78, 5) is 11.6. The summed E-state index contributed by atoms with van der Waals surface area (Å²) in [7, 11) is -3.64. The number of para-hydroxylation sites is 1. The lowest BCUT2D eigenvalue weighted by molar-refractivity contribution is 0.101. The molecule has 1 heterocycles. The Morgan fingerprint density at radius 3 is 2.26 bits per heavy atom. The van der Waals surface area contributed by atoms with Gasteiger partial charge in [-0.2, -0.15) is 0 Å². The molecular formula is C18H19NO3S. The molecule has 0 radical (unpaired) electrons. The van der Waals surface area contributed by atoms with Crippen LogP contribution in [0, 0.1) is 0 Å². The van der Waals surface area contributed by atoms with Crippen molar-refractivity contribution in [3.05, 3.63) is 59.7 Å². The number of Topliss-reactive ketones (excluding diaryl/α,β-unsaturated/α-hetero) is 1. The Hall–Kier alpha value is -2.14. The zero-order valence-electron chi connectivity index (χ0n) is 13.4. The third-order valence-corrected chi connectivity index (χ3v) is 6.06. The van der Waals surface area contributed by atoms with E-state index in [2.05, 4.69) is 0 Å². The molecule has 2 aromatic carbocycles. The molecule has 5 heteroatoms. The second kappa shape index (κ2) is 5.20.